The van der Waals surface area contributed by atoms with E-state index in [0.717, 1.165) is 12.8 Å². The van der Waals surface area contributed by atoms with Crippen LogP contribution in [-0.2, 0) is 4.74 Å². The van der Waals surface area contributed by atoms with Gasteiger partial charge in [0.2, 0.25) is 0 Å². The van der Waals surface area contributed by atoms with Crippen molar-refractivity contribution in [2.24, 2.45) is 0 Å². The van der Waals surface area contributed by atoms with Crippen LogP contribution in [0.25, 0.3) is 11.0 Å². The van der Waals surface area contributed by atoms with Gasteiger partial charge in [-0.25, -0.2) is 4.79 Å². The van der Waals surface area contributed by atoms with Crippen LogP contribution in [0, 0.1) is 10.1 Å². The first-order valence-corrected chi connectivity index (χ1v) is 8.49. The Balaban J connectivity index is 1.65. The van der Waals surface area contributed by atoms with E-state index in [9.17, 15) is 14.9 Å². The number of rotatable bonds is 4. The van der Waals surface area contributed by atoms with E-state index in [1.54, 1.807) is 11.0 Å². The van der Waals surface area contributed by atoms with Crippen LogP contribution >= 0.6 is 0 Å². The molecular weight excluding hydrogens is 340 g/mol. The van der Waals surface area contributed by atoms with Crippen molar-refractivity contribution < 1.29 is 19.2 Å². The third kappa shape index (κ3) is 4.04. The summed E-state index contributed by atoms with van der Waals surface area (Å²) in [5, 5.41) is 10.8. The second-order valence-electron chi connectivity index (χ2n) is 7.28. The molecule has 0 spiro atoms. The first-order valence-electron chi connectivity index (χ1n) is 8.49. The van der Waals surface area contributed by atoms with E-state index in [-0.39, 0.29) is 30.4 Å². The molecule has 9 nitrogen and oxygen atoms in total. The first-order chi connectivity index (χ1) is 12.2. The van der Waals surface area contributed by atoms with E-state index in [1.165, 1.54) is 12.1 Å². The summed E-state index contributed by atoms with van der Waals surface area (Å²) >= 11 is 0. The molecule has 1 aromatic heterocycles. The van der Waals surface area contributed by atoms with Gasteiger partial charge in [-0.2, -0.15) is 4.98 Å². The molecule has 140 valence electrons. The highest BCUT2D eigenvalue weighted by Gasteiger charge is 2.32. The fourth-order valence-corrected chi connectivity index (χ4v) is 2.90. The van der Waals surface area contributed by atoms with E-state index in [1.807, 2.05) is 20.8 Å². The maximum absolute atomic E-state index is 12.3. The Labute approximate surface area is 150 Å². The number of hydrogen-bond acceptors (Lipinski definition) is 6. The number of carbonyl (C=O) groups is 1. The number of non-ortho nitro benzene ring substituents is 1. The van der Waals surface area contributed by atoms with E-state index in [4.69, 9.17) is 9.47 Å². The molecule has 0 aliphatic carbocycles. The Hall–Kier alpha value is -2.84. The van der Waals surface area contributed by atoms with Gasteiger partial charge in [-0.05, 0) is 39.7 Å². The Morgan fingerprint density at radius 3 is 2.92 bits per heavy atom. The van der Waals surface area contributed by atoms with Crippen LogP contribution < -0.4 is 4.74 Å². The van der Waals surface area contributed by atoms with Gasteiger partial charge in [0.25, 0.3) is 11.7 Å². The maximum atomic E-state index is 12.3. The van der Waals surface area contributed by atoms with Crippen molar-refractivity contribution in [3.63, 3.8) is 0 Å². The molecule has 1 atom stereocenters. The highest BCUT2D eigenvalue weighted by molar-refractivity contribution is 5.78. The number of nitro groups is 1. The van der Waals surface area contributed by atoms with Crippen molar-refractivity contribution in [1.82, 2.24) is 14.9 Å². The SMILES string of the molecule is CC(C)(C)OC(=O)N1CCC[C@H]1COc1nc2ccc([N+](=O)[O-])cc2[nH]1. The Bertz CT molecular complexity index is 826. The van der Waals surface area contributed by atoms with Crippen LogP contribution in [0.15, 0.2) is 18.2 Å². The smallest absolute Gasteiger partial charge is 0.410 e. The number of amides is 1. The number of nitrogens with one attached hydrogen (secondary N) is 1. The number of imidazole rings is 1. The normalized spacial score (nSPS) is 17.5. The molecule has 1 saturated heterocycles. The molecule has 1 aromatic carbocycles. The van der Waals surface area contributed by atoms with Gasteiger partial charge in [0.15, 0.2) is 0 Å². The lowest BCUT2D eigenvalue weighted by Crippen LogP contribution is -2.42. The van der Waals surface area contributed by atoms with E-state index in [2.05, 4.69) is 9.97 Å². The minimum atomic E-state index is -0.543. The standard InChI is InChI=1S/C17H22N4O5/c1-17(2,3)26-16(22)20-8-4-5-12(20)10-25-15-18-13-7-6-11(21(23)24)9-14(13)19-15/h6-7,9,12H,4-5,8,10H2,1-3H3,(H,18,19)/t12-/m0/s1. The van der Waals surface area contributed by atoms with Crippen LogP contribution in [0.5, 0.6) is 6.01 Å². The van der Waals surface area contributed by atoms with Gasteiger partial charge in [0.1, 0.15) is 12.2 Å². The van der Waals surface area contributed by atoms with Crippen molar-refractivity contribution >= 4 is 22.8 Å². The molecule has 3 rings (SSSR count). The summed E-state index contributed by atoms with van der Waals surface area (Å²) in [7, 11) is 0. The van der Waals surface area contributed by atoms with Crippen LogP contribution in [-0.4, -0.2) is 50.7 Å². The van der Waals surface area contributed by atoms with Crippen molar-refractivity contribution in [3.05, 3.63) is 28.3 Å². The van der Waals surface area contributed by atoms with Crippen molar-refractivity contribution in [1.29, 1.82) is 0 Å². The van der Waals surface area contributed by atoms with Gasteiger partial charge in [0, 0.05) is 18.7 Å². The Morgan fingerprint density at radius 1 is 1.46 bits per heavy atom. The lowest BCUT2D eigenvalue weighted by Gasteiger charge is -2.28. The molecule has 1 N–H and O–H groups in total. The highest BCUT2D eigenvalue weighted by atomic mass is 16.6. The third-order valence-corrected chi connectivity index (χ3v) is 4.07. The summed E-state index contributed by atoms with van der Waals surface area (Å²) in [6, 6.07) is 4.56. The molecule has 2 aromatic rings. The number of carbonyl (C=O) groups excluding carboxylic acids is 1. The van der Waals surface area contributed by atoms with Crippen LogP contribution in [0.4, 0.5) is 10.5 Å². The number of H-pyrrole nitrogens is 1. The van der Waals surface area contributed by atoms with Crippen molar-refractivity contribution in [3.8, 4) is 6.01 Å². The Kier molecular flexibility index (Phi) is 4.71. The van der Waals surface area contributed by atoms with E-state index in [0.29, 0.717) is 17.6 Å². The number of ether oxygens (including phenoxy) is 2. The zero-order valence-electron chi connectivity index (χ0n) is 15.0. The fourth-order valence-electron chi connectivity index (χ4n) is 2.90. The molecule has 0 radical (unpaired) electrons. The summed E-state index contributed by atoms with van der Waals surface area (Å²) in [4.78, 5) is 31.5. The molecule has 9 heteroatoms. The molecule has 0 bridgehead atoms. The predicted octanol–water partition coefficient (Wildman–Crippen LogP) is 3.25. The minimum Gasteiger partial charge on any atom is -0.463 e. The summed E-state index contributed by atoms with van der Waals surface area (Å²) in [6.07, 6.45) is 1.37. The second kappa shape index (κ2) is 6.81. The molecule has 1 aliphatic heterocycles. The zero-order valence-corrected chi connectivity index (χ0v) is 15.0. The zero-order chi connectivity index (χ0) is 18.9. The summed E-state index contributed by atoms with van der Waals surface area (Å²) in [5.74, 6) is 0. The van der Waals surface area contributed by atoms with Crippen molar-refractivity contribution in [2.45, 2.75) is 45.3 Å². The van der Waals surface area contributed by atoms with Crippen LogP contribution in [0.3, 0.4) is 0 Å². The monoisotopic (exact) mass is 362 g/mol. The number of aromatic amines is 1. The van der Waals surface area contributed by atoms with Gasteiger partial charge in [-0.1, -0.05) is 0 Å². The third-order valence-electron chi connectivity index (χ3n) is 4.07. The summed E-state index contributed by atoms with van der Waals surface area (Å²) in [6.45, 7) is 6.41. The fraction of sp³-hybridized carbons (Fsp3) is 0.529. The number of likely N-dealkylation sites (tertiary alicyclic amines) is 1. The second-order valence-corrected chi connectivity index (χ2v) is 7.28. The maximum Gasteiger partial charge on any atom is 0.410 e. The van der Waals surface area contributed by atoms with Gasteiger partial charge < -0.3 is 19.4 Å². The first kappa shape index (κ1) is 18.0. The lowest BCUT2D eigenvalue weighted by atomic mass is 10.2. The highest BCUT2D eigenvalue weighted by Crippen LogP contribution is 2.24. The molecule has 1 amide bonds. The molecule has 2 heterocycles. The molecule has 0 saturated carbocycles. The average Bonchev–Trinajstić information content (AvgIpc) is 3.16. The number of fused-ring (bicyclic) bond motifs is 1. The molecule has 1 aliphatic rings. The number of nitrogens with zero attached hydrogens (tertiary/aromatic N) is 3. The van der Waals surface area contributed by atoms with Gasteiger partial charge in [-0.15, -0.1) is 0 Å². The largest absolute Gasteiger partial charge is 0.463 e. The van der Waals surface area contributed by atoms with Gasteiger partial charge >= 0.3 is 6.09 Å². The van der Waals surface area contributed by atoms with E-state index < -0.39 is 10.5 Å². The van der Waals surface area contributed by atoms with Crippen LogP contribution in [0.2, 0.25) is 0 Å². The number of aromatic nitrogens is 2. The number of nitro benzene ring substituents is 1. The predicted molar refractivity (Wildman–Crippen MR) is 94.2 cm³/mol. The van der Waals surface area contributed by atoms with E-state index >= 15 is 0 Å². The lowest BCUT2D eigenvalue weighted by molar-refractivity contribution is -0.384. The molecule has 26 heavy (non-hydrogen) atoms. The van der Waals surface area contributed by atoms with Gasteiger partial charge in [-0.3, -0.25) is 10.1 Å². The molecule has 0 unspecified atom stereocenters. The summed E-state index contributed by atoms with van der Waals surface area (Å²) < 4.78 is 11.1. The van der Waals surface area contributed by atoms with Gasteiger partial charge in [0.05, 0.1) is 22.0 Å². The molecular formula is C17H22N4O5. The summed E-state index contributed by atoms with van der Waals surface area (Å²) in [5.41, 5.74) is 0.559. The van der Waals surface area contributed by atoms with Crippen LogP contribution in [0.1, 0.15) is 33.6 Å². The average molecular weight is 362 g/mol. The topological polar surface area (TPSA) is 111 Å². The number of hydrogen-bond donors (Lipinski definition) is 1. The van der Waals surface area contributed by atoms with Crippen molar-refractivity contribution in [2.75, 3.05) is 13.2 Å². The molecule has 1 fully saturated rings. The quantitative estimate of drug-likeness (QED) is 0.660. The Morgan fingerprint density at radius 2 is 2.23 bits per heavy atom. The number of benzene rings is 1. The minimum absolute atomic E-state index is 0.0143.